The van der Waals surface area contributed by atoms with Crippen LogP contribution in [0.4, 0.5) is 0 Å². The van der Waals surface area contributed by atoms with E-state index in [0.717, 1.165) is 62.7 Å². The molecule has 0 radical (unpaired) electrons. The molecular weight excluding hydrogens is 356 g/mol. The zero-order valence-electron chi connectivity index (χ0n) is 15.6. The Labute approximate surface area is 163 Å². The Bertz CT molecular complexity index is 916. The molecule has 5 nitrogen and oxygen atoms in total. The molecule has 0 spiro atoms. The molecule has 0 amide bonds. The molecular formula is C21H24N4OS. The third-order valence-electron chi connectivity index (χ3n) is 5.81. The third-order valence-corrected chi connectivity index (χ3v) is 6.80. The van der Waals surface area contributed by atoms with Gasteiger partial charge in [-0.1, -0.05) is 24.3 Å². The monoisotopic (exact) mass is 380 g/mol. The maximum atomic E-state index is 5.58. The molecule has 27 heavy (non-hydrogen) atoms. The lowest BCUT2D eigenvalue weighted by atomic mass is 10.1. The number of thiazole rings is 1. The van der Waals surface area contributed by atoms with Crippen LogP contribution < -0.4 is 0 Å². The molecule has 1 aliphatic heterocycles. The summed E-state index contributed by atoms with van der Waals surface area (Å²) in [4.78, 5) is 10.7. The number of ether oxygens (including phenoxy) is 1. The topological polar surface area (TPSA) is 52.8 Å². The lowest BCUT2D eigenvalue weighted by Gasteiger charge is -2.13. The van der Waals surface area contributed by atoms with E-state index in [4.69, 9.17) is 14.8 Å². The van der Waals surface area contributed by atoms with Crippen molar-refractivity contribution in [2.75, 3.05) is 13.2 Å². The molecule has 140 valence electrons. The summed E-state index contributed by atoms with van der Waals surface area (Å²) in [5, 5.41) is 4.99. The molecule has 3 aromatic rings. The van der Waals surface area contributed by atoms with Crippen LogP contribution in [0.2, 0.25) is 0 Å². The highest BCUT2D eigenvalue weighted by molar-refractivity contribution is 7.09. The summed E-state index contributed by atoms with van der Waals surface area (Å²) in [5.41, 5.74) is 5.98. The van der Waals surface area contributed by atoms with Crippen LogP contribution in [0.25, 0.3) is 0 Å². The molecule has 2 aliphatic rings. The number of fused-ring (bicyclic) bond motifs is 1. The Hall–Kier alpha value is -2.05. The van der Waals surface area contributed by atoms with E-state index in [-0.39, 0.29) is 0 Å². The van der Waals surface area contributed by atoms with Gasteiger partial charge >= 0.3 is 0 Å². The van der Waals surface area contributed by atoms with Gasteiger partial charge in [-0.2, -0.15) is 5.10 Å². The van der Waals surface area contributed by atoms with Gasteiger partial charge in [0.1, 0.15) is 5.82 Å². The van der Waals surface area contributed by atoms with Gasteiger partial charge < -0.3 is 4.74 Å². The van der Waals surface area contributed by atoms with Crippen molar-refractivity contribution in [3.63, 3.8) is 0 Å². The van der Waals surface area contributed by atoms with Crippen LogP contribution in [0.5, 0.6) is 0 Å². The zero-order chi connectivity index (χ0) is 18.2. The van der Waals surface area contributed by atoms with Gasteiger partial charge in [-0.15, -0.1) is 11.3 Å². The fourth-order valence-electron chi connectivity index (χ4n) is 4.25. The second-order valence-corrected chi connectivity index (χ2v) is 8.52. The number of nitrogens with zero attached hydrogens (tertiary/aromatic N) is 4. The molecule has 1 atom stereocenters. The number of rotatable bonds is 5. The first-order valence-corrected chi connectivity index (χ1v) is 10.6. The van der Waals surface area contributed by atoms with Gasteiger partial charge in [0.25, 0.3) is 0 Å². The Morgan fingerprint density at radius 2 is 2.00 bits per heavy atom. The number of aryl methyl sites for hydroxylation is 3. The molecule has 1 aromatic carbocycles. The average Bonchev–Trinajstić information content (AvgIpc) is 3.45. The first-order chi connectivity index (χ1) is 13.3. The van der Waals surface area contributed by atoms with Gasteiger partial charge in [0, 0.05) is 23.8 Å². The molecule has 2 aromatic heterocycles. The summed E-state index contributed by atoms with van der Waals surface area (Å²) in [6.45, 7) is 3.66. The van der Waals surface area contributed by atoms with Gasteiger partial charge in [-0.05, 0) is 43.7 Å². The highest BCUT2D eigenvalue weighted by atomic mass is 32.1. The zero-order valence-corrected chi connectivity index (χ0v) is 16.4. The van der Waals surface area contributed by atoms with Crippen molar-refractivity contribution in [3.8, 4) is 0 Å². The Morgan fingerprint density at radius 1 is 1.19 bits per heavy atom. The normalized spacial score (nSPS) is 19.7. The van der Waals surface area contributed by atoms with E-state index in [1.54, 1.807) is 11.3 Å². The van der Waals surface area contributed by atoms with E-state index >= 15 is 0 Å². The maximum absolute atomic E-state index is 5.58. The quantitative estimate of drug-likeness (QED) is 0.678. The molecule has 0 N–H and O–H groups in total. The van der Waals surface area contributed by atoms with Crippen LogP contribution in [-0.2, 0) is 30.4 Å². The highest BCUT2D eigenvalue weighted by Gasteiger charge is 2.29. The summed E-state index contributed by atoms with van der Waals surface area (Å²) < 4.78 is 7.80. The van der Waals surface area contributed by atoms with Crippen molar-refractivity contribution in [3.05, 3.63) is 63.1 Å². The van der Waals surface area contributed by atoms with Crippen molar-refractivity contribution in [2.45, 2.75) is 51.0 Å². The van der Waals surface area contributed by atoms with E-state index in [2.05, 4.69) is 40.9 Å². The molecule has 1 aliphatic carbocycles. The van der Waals surface area contributed by atoms with E-state index in [9.17, 15) is 0 Å². The minimum atomic E-state index is 0.346. The summed E-state index contributed by atoms with van der Waals surface area (Å²) in [5.74, 6) is 2.43. The van der Waals surface area contributed by atoms with Crippen molar-refractivity contribution < 1.29 is 4.74 Å². The van der Waals surface area contributed by atoms with E-state index in [1.165, 1.54) is 16.0 Å². The van der Waals surface area contributed by atoms with Crippen molar-refractivity contribution in [1.82, 2.24) is 19.7 Å². The van der Waals surface area contributed by atoms with Crippen LogP contribution in [-0.4, -0.2) is 33.0 Å². The SMILES string of the molecule is Cc1ncsc1CCc1nc([C@@H]2CCOC2)nn1C1Cc2ccccc2C1. The summed E-state index contributed by atoms with van der Waals surface area (Å²) >= 11 is 1.74. The maximum Gasteiger partial charge on any atom is 0.156 e. The molecule has 1 saturated heterocycles. The van der Waals surface area contributed by atoms with Crippen molar-refractivity contribution in [1.29, 1.82) is 0 Å². The highest BCUT2D eigenvalue weighted by Crippen LogP contribution is 2.32. The smallest absolute Gasteiger partial charge is 0.156 e. The minimum absolute atomic E-state index is 0.346. The van der Waals surface area contributed by atoms with Crippen molar-refractivity contribution in [2.24, 2.45) is 0 Å². The van der Waals surface area contributed by atoms with Gasteiger partial charge in [-0.25, -0.2) is 14.6 Å². The number of hydrogen-bond acceptors (Lipinski definition) is 5. The van der Waals surface area contributed by atoms with E-state index < -0.39 is 0 Å². The largest absolute Gasteiger partial charge is 0.381 e. The Morgan fingerprint density at radius 3 is 2.67 bits per heavy atom. The molecule has 0 saturated carbocycles. The van der Waals surface area contributed by atoms with Gasteiger partial charge in [0.15, 0.2) is 5.82 Å². The molecule has 0 unspecified atom stereocenters. The fourth-order valence-corrected chi connectivity index (χ4v) is 5.03. The Kier molecular flexibility index (Phi) is 4.53. The second-order valence-electron chi connectivity index (χ2n) is 7.58. The lowest BCUT2D eigenvalue weighted by Crippen LogP contribution is -2.15. The van der Waals surface area contributed by atoms with Crippen molar-refractivity contribution >= 4 is 11.3 Å². The minimum Gasteiger partial charge on any atom is -0.381 e. The van der Waals surface area contributed by atoms with Crippen LogP contribution in [0, 0.1) is 6.92 Å². The molecule has 0 bridgehead atoms. The first kappa shape index (κ1) is 17.1. The van der Waals surface area contributed by atoms with E-state index in [1.807, 2.05) is 5.51 Å². The standard InChI is InChI=1S/C21H24N4OS/c1-14-19(27-13-22-14)6-7-20-23-21(17-8-9-26-12-17)24-25(20)18-10-15-4-2-3-5-16(15)11-18/h2-5,13,17-18H,6-12H2,1H3/t17-/m1/s1. The van der Waals surface area contributed by atoms with Gasteiger partial charge in [-0.3, -0.25) is 0 Å². The van der Waals surface area contributed by atoms with Crippen LogP contribution >= 0.6 is 11.3 Å². The second kappa shape index (κ2) is 7.17. The summed E-state index contributed by atoms with van der Waals surface area (Å²) in [6, 6.07) is 9.15. The number of aromatic nitrogens is 4. The average molecular weight is 381 g/mol. The van der Waals surface area contributed by atoms with Crippen LogP contribution in [0.15, 0.2) is 29.8 Å². The predicted octanol–water partition coefficient (Wildman–Crippen LogP) is 3.67. The number of hydrogen-bond donors (Lipinski definition) is 0. The van der Waals surface area contributed by atoms with Crippen LogP contribution in [0.3, 0.4) is 0 Å². The molecule has 1 fully saturated rings. The van der Waals surface area contributed by atoms with E-state index in [0.29, 0.717) is 12.0 Å². The summed E-state index contributed by atoms with van der Waals surface area (Å²) in [7, 11) is 0. The lowest BCUT2D eigenvalue weighted by molar-refractivity contribution is 0.193. The number of benzene rings is 1. The van der Waals surface area contributed by atoms with Crippen LogP contribution in [0.1, 0.15) is 51.7 Å². The Balaban J connectivity index is 1.42. The predicted molar refractivity (Wildman–Crippen MR) is 105 cm³/mol. The fraction of sp³-hybridized carbons (Fsp3) is 0.476. The van der Waals surface area contributed by atoms with Gasteiger partial charge in [0.05, 0.1) is 23.9 Å². The third kappa shape index (κ3) is 3.32. The summed E-state index contributed by atoms with van der Waals surface area (Å²) in [6.07, 6.45) is 5.02. The first-order valence-electron chi connectivity index (χ1n) is 9.76. The molecule has 6 heteroatoms. The molecule has 5 rings (SSSR count). The molecule has 3 heterocycles. The van der Waals surface area contributed by atoms with Gasteiger partial charge in [0.2, 0.25) is 0 Å².